The lowest BCUT2D eigenvalue weighted by atomic mass is 9.99. The maximum atomic E-state index is 12.9. The Kier molecular flexibility index (Phi) is 7.93. The van der Waals surface area contributed by atoms with Gasteiger partial charge in [-0.2, -0.15) is 0 Å². The molecule has 0 radical (unpaired) electrons. The van der Waals surface area contributed by atoms with Crippen LogP contribution in [0.25, 0.3) is 0 Å². The van der Waals surface area contributed by atoms with Crippen LogP contribution in [0.3, 0.4) is 0 Å². The van der Waals surface area contributed by atoms with Gasteiger partial charge in [0.1, 0.15) is 19.5 Å². The minimum Gasteiger partial charge on any atom is -0.357 e. The van der Waals surface area contributed by atoms with Crippen molar-refractivity contribution in [2.45, 2.75) is 32.1 Å². The molecule has 0 spiro atoms. The second-order valence-electron chi connectivity index (χ2n) is 8.86. The van der Waals surface area contributed by atoms with Crippen molar-refractivity contribution in [1.29, 1.82) is 5.41 Å². The average molecular weight is 467 g/mol. The number of aromatic nitrogens is 1. The maximum absolute atomic E-state index is 12.9. The zero-order chi connectivity index (χ0) is 24.6. The van der Waals surface area contributed by atoms with E-state index in [0.29, 0.717) is 28.5 Å². The number of amidine groups is 1. The number of nitrogens with zero attached hydrogens (tertiary/aromatic N) is 2. The smallest absolute Gasteiger partial charge is 0.258 e. The topological polar surface area (TPSA) is 98.2 Å². The van der Waals surface area contributed by atoms with E-state index in [1.807, 2.05) is 26.0 Å². The fourth-order valence-electron chi connectivity index (χ4n) is 4.14. The summed E-state index contributed by atoms with van der Waals surface area (Å²) in [5.74, 6) is 0.280. The van der Waals surface area contributed by atoms with Gasteiger partial charge in [-0.3, -0.25) is 15.0 Å². The Labute approximate surface area is 206 Å². The number of para-hydroxylation sites is 1. The number of likely N-dealkylation sites (tertiary alicyclic amines) is 1. The van der Waals surface area contributed by atoms with E-state index in [-0.39, 0.29) is 11.8 Å². The summed E-state index contributed by atoms with van der Waals surface area (Å²) < 4.78 is 0. The van der Waals surface area contributed by atoms with Crippen LogP contribution in [0.15, 0.2) is 66.9 Å². The van der Waals surface area contributed by atoms with Gasteiger partial charge < -0.3 is 15.5 Å². The number of anilines is 2. The van der Waals surface area contributed by atoms with Gasteiger partial charge in [0.15, 0.2) is 0 Å². The van der Waals surface area contributed by atoms with Crippen LogP contribution in [0.4, 0.5) is 11.5 Å². The van der Waals surface area contributed by atoms with Crippen LogP contribution in [0, 0.1) is 5.41 Å². The molecule has 1 fully saturated rings. The number of amides is 2. The Bertz CT molecular complexity index is 1190. The van der Waals surface area contributed by atoms with Gasteiger partial charge in [0.2, 0.25) is 0 Å². The fraction of sp³-hybridized carbons (Fsp3) is 0.259. The molecule has 35 heavy (non-hydrogen) atoms. The Morgan fingerprint density at radius 1 is 0.800 bits per heavy atom. The van der Waals surface area contributed by atoms with E-state index >= 15 is 0 Å². The Morgan fingerprint density at radius 3 is 2.14 bits per heavy atom. The van der Waals surface area contributed by atoms with Gasteiger partial charge >= 0.3 is 0 Å². The first-order valence-electron chi connectivity index (χ1n) is 12.1. The monoisotopic (exact) mass is 467 g/mol. The Balaban J connectivity index is 1.43. The summed E-state index contributed by atoms with van der Waals surface area (Å²) in [5.41, 5.74) is 3.02. The molecule has 1 aromatic heterocycles. The molecule has 3 aromatic rings. The summed E-state index contributed by atoms with van der Waals surface area (Å²) in [6, 6.07) is 17.6. The fourth-order valence-corrected chi connectivity index (χ4v) is 4.14. The minimum atomic E-state index is -0.353. The average Bonchev–Trinajstić information content (AvgIpc) is 2.85. The minimum absolute atomic E-state index is 0.317. The van der Waals surface area contributed by atoms with Crippen LogP contribution >= 0.6 is 0 Å². The van der Waals surface area contributed by atoms with Gasteiger partial charge in [0.05, 0.1) is 11.3 Å². The predicted octanol–water partition coefficient (Wildman–Crippen LogP) is 3.44. The van der Waals surface area contributed by atoms with Gasteiger partial charge in [0.25, 0.3) is 11.8 Å². The molecule has 0 unspecified atom stereocenters. The summed E-state index contributed by atoms with van der Waals surface area (Å²) in [7, 11) is 1.93. The first kappa shape index (κ1) is 24.2. The van der Waals surface area contributed by atoms with Crippen molar-refractivity contribution in [3.63, 3.8) is 0 Å². The first-order chi connectivity index (χ1) is 17.0. The standard InChI is InChI=1S/C27H30BN5O2/c28-21-14-15-24(30-18-21)32-27(35)22-8-4-5-9-23(22)31-26(34)20-12-10-19(11-13-20)25(29)33-16-6-2-1-3-7-17-33/h4-5,8-15,18,29H,1-3,6-7,16-17,28H2,(H,31,34)(H,30,32,35). The summed E-state index contributed by atoms with van der Waals surface area (Å²) in [6.07, 6.45) is 7.60. The normalized spacial score (nSPS) is 13.9. The zero-order valence-corrected chi connectivity index (χ0v) is 20.0. The molecular weight excluding hydrogens is 437 g/mol. The molecule has 0 bridgehead atoms. The highest BCUT2D eigenvalue weighted by atomic mass is 16.2. The number of hydrogen-bond acceptors (Lipinski definition) is 4. The molecule has 3 N–H and O–H groups in total. The van der Waals surface area contributed by atoms with Crippen molar-refractivity contribution >= 4 is 42.5 Å². The van der Waals surface area contributed by atoms with Crippen LogP contribution in [0.1, 0.15) is 58.4 Å². The molecule has 2 aromatic carbocycles. The van der Waals surface area contributed by atoms with E-state index in [4.69, 9.17) is 5.41 Å². The van der Waals surface area contributed by atoms with Crippen molar-refractivity contribution < 1.29 is 9.59 Å². The number of carbonyl (C=O) groups is 2. The van der Waals surface area contributed by atoms with Gasteiger partial charge in [-0.15, -0.1) is 0 Å². The quantitative estimate of drug-likeness (QED) is 0.304. The zero-order valence-electron chi connectivity index (χ0n) is 20.0. The third kappa shape index (κ3) is 6.35. The summed E-state index contributed by atoms with van der Waals surface area (Å²) in [6.45, 7) is 1.80. The van der Waals surface area contributed by atoms with Crippen molar-refractivity contribution in [3.05, 3.63) is 83.6 Å². The molecule has 1 aliphatic heterocycles. The van der Waals surface area contributed by atoms with Crippen LogP contribution in [0.5, 0.6) is 0 Å². The number of nitrogens with one attached hydrogen (secondary N) is 3. The molecule has 1 saturated heterocycles. The number of hydrogen-bond donors (Lipinski definition) is 3. The van der Waals surface area contributed by atoms with Crippen molar-refractivity contribution in [2.24, 2.45) is 0 Å². The highest BCUT2D eigenvalue weighted by molar-refractivity contribution is 6.32. The number of pyridine rings is 1. The lowest BCUT2D eigenvalue weighted by molar-refractivity contribution is 0.102. The molecule has 4 rings (SSSR count). The lowest BCUT2D eigenvalue weighted by Gasteiger charge is -2.27. The third-order valence-electron chi connectivity index (χ3n) is 6.17. The summed E-state index contributed by atoms with van der Waals surface area (Å²) in [4.78, 5) is 32.1. The molecule has 178 valence electrons. The molecule has 7 nitrogen and oxygen atoms in total. The largest absolute Gasteiger partial charge is 0.357 e. The van der Waals surface area contributed by atoms with E-state index in [1.54, 1.807) is 48.7 Å². The molecule has 2 heterocycles. The highest BCUT2D eigenvalue weighted by Gasteiger charge is 2.17. The van der Waals surface area contributed by atoms with Crippen molar-refractivity contribution in [1.82, 2.24) is 9.88 Å². The van der Waals surface area contributed by atoms with Crippen LogP contribution < -0.4 is 16.1 Å². The highest BCUT2D eigenvalue weighted by Crippen LogP contribution is 2.19. The van der Waals surface area contributed by atoms with Crippen LogP contribution in [-0.4, -0.2) is 48.5 Å². The molecule has 0 saturated carbocycles. The Morgan fingerprint density at radius 2 is 1.46 bits per heavy atom. The van der Waals surface area contributed by atoms with Gasteiger partial charge in [-0.25, -0.2) is 4.98 Å². The molecule has 1 aliphatic rings. The van der Waals surface area contributed by atoms with Crippen LogP contribution in [0.2, 0.25) is 0 Å². The summed E-state index contributed by atoms with van der Waals surface area (Å²) in [5, 5.41) is 14.2. The van der Waals surface area contributed by atoms with E-state index in [1.165, 1.54) is 19.3 Å². The van der Waals surface area contributed by atoms with Gasteiger partial charge in [-0.1, -0.05) is 55.1 Å². The van der Waals surface area contributed by atoms with E-state index in [0.717, 1.165) is 37.0 Å². The van der Waals surface area contributed by atoms with E-state index in [9.17, 15) is 9.59 Å². The molecule has 2 amide bonds. The molecular formula is C27H30BN5O2. The summed E-state index contributed by atoms with van der Waals surface area (Å²) >= 11 is 0. The van der Waals surface area contributed by atoms with Gasteiger partial charge in [0, 0.05) is 30.4 Å². The van der Waals surface area contributed by atoms with Crippen molar-refractivity contribution in [2.75, 3.05) is 23.7 Å². The van der Waals surface area contributed by atoms with Crippen LogP contribution in [-0.2, 0) is 0 Å². The SMILES string of the molecule is Bc1ccc(NC(=O)c2ccccc2NC(=O)c2ccc(C(=N)N3CCCCCCC3)cc2)nc1. The Hall–Kier alpha value is -3.94. The molecule has 0 atom stereocenters. The second kappa shape index (κ2) is 11.5. The predicted molar refractivity (Wildman–Crippen MR) is 143 cm³/mol. The van der Waals surface area contributed by atoms with Gasteiger partial charge in [-0.05, 0) is 43.2 Å². The van der Waals surface area contributed by atoms with E-state index in [2.05, 4.69) is 20.5 Å². The molecule has 0 aliphatic carbocycles. The first-order valence-corrected chi connectivity index (χ1v) is 12.1. The molecule has 8 heteroatoms. The number of rotatable bonds is 5. The number of benzene rings is 2. The third-order valence-corrected chi connectivity index (χ3v) is 6.17. The van der Waals surface area contributed by atoms with E-state index < -0.39 is 0 Å². The van der Waals surface area contributed by atoms with Crippen molar-refractivity contribution in [3.8, 4) is 0 Å². The maximum Gasteiger partial charge on any atom is 0.258 e. The lowest BCUT2D eigenvalue weighted by Crippen LogP contribution is -2.33. The number of carbonyl (C=O) groups excluding carboxylic acids is 2. The second-order valence-corrected chi connectivity index (χ2v) is 8.86.